The molecule has 0 atom stereocenters. The number of rotatable bonds is 10. The van der Waals surface area contributed by atoms with Gasteiger partial charge < -0.3 is 16.4 Å². The van der Waals surface area contributed by atoms with Gasteiger partial charge in [0.05, 0.1) is 5.69 Å². The summed E-state index contributed by atoms with van der Waals surface area (Å²) in [6.45, 7) is 0.871. The lowest BCUT2D eigenvalue weighted by Gasteiger charge is -2.02. The van der Waals surface area contributed by atoms with E-state index in [1.165, 1.54) is 11.3 Å². The van der Waals surface area contributed by atoms with Crippen LogP contribution in [0.5, 0.6) is 0 Å². The number of hydrogen-bond donors (Lipinski definition) is 5. The number of nitrogens with two attached hydrogens (primary N) is 2. The first-order chi connectivity index (χ1) is 15.6. The van der Waals surface area contributed by atoms with Gasteiger partial charge in [0.2, 0.25) is 5.91 Å². The smallest absolute Gasteiger partial charge is 0.316 e. The van der Waals surface area contributed by atoms with Crippen LogP contribution in [-0.4, -0.2) is 23.5 Å². The van der Waals surface area contributed by atoms with Crippen LogP contribution in [-0.2, 0) is 4.79 Å². The predicted molar refractivity (Wildman–Crippen MR) is 134 cm³/mol. The Labute approximate surface area is 196 Å². The van der Waals surface area contributed by atoms with Gasteiger partial charge in [0.25, 0.3) is 0 Å². The van der Waals surface area contributed by atoms with Crippen molar-refractivity contribution in [2.45, 2.75) is 25.7 Å². The maximum absolute atomic E-state index is 11.9. The zero-order chi connectivity index (χ0) is 23.0. The third kappa shape index (κ3) is 10.4. The van der Waals surface area contributed by atoms with E-state index in [9.17, 15) is 9.59 Å². The van der Waals surface area contributed by atoms with Gasteiger partial charge in [0.1, 0.15) is 0 Å². The van der Waals surface area contributed by atoms with Crippen LogP contribution < -0.4 is 26.2 Å². The second-order valence-corrected chi connectivity index (χ2v) is 8.01. The number of benzene rings is 2. The predicted octanol–water partition coefficient (Wildman–Crippen LogP) is 4.60. The van der Waals surface area contributed by atoms with Crippen molar-refractivity contribution < 1.29 is 9.59 Å². The molecule has 0 radical (unpaired) electrons. The molecule has 0 bridgehead atoms. The summed E-state index contributed by atoms with van der Waals surface area (Å²) in [5.74, 6) is 0.0233. The number of primary amides is 1. The third-order valence-corrected chi connectivity index (χ3v) is 5.26. The second-order valence-electron chi connectivity index (χ2n) is 6.63. The van der Waals surface area contributed by atoms with Crippen LogP contribution in [0.2, 0.25) is 0 Å². The molecule has 0 fully saturated rings. The first-order valence-corrected chi connectivity index (χ1v) is 11.9. The number of thiazole rings is 1. The molecule has 0 saturated heterocycles. The summed E-state index contributed by atoms with van der Waals surface area (Å²) in [6.07, 6.45) is 3.43. The van der Waals surface area contributed by atoms with Crippen LogP contribution in [0.25, 0.3) is 11.3 Å². The maximum Gasteiger partial charge on any atom is 0.316 e. The Hall–Kier alpha value is -2.92. The topological polar surface area (TPSA) is 135 Å². The highest BCUT2D eigenvalue weighted by Gasteiger charge is 2.07. The monoisotopic (exact) mass is 472 g/mol. The van der Waals surface area contributed by atoms with E-state index in [0.29, 0.717) is 11.6 Å². The van der Waals surface area contributed by atoms with Crippen LogP contribution in [0.3, 0.4) is 0 Å². The summed E-state index contributed by atoms with van der Waals surface area (Å²) in [7, 11) is 0. The molecule has 3 rings (SSSR count). The van der Waals surface area contributed by atoms with Crippen LogP contribution in [0.4, 0.5) is 15.6 Å². The van der Waals surface area contributed by atoms with Gasteiger partial charge in [-0.15, -0.1) is 11.3 Å². The molecule has 0 aliphatic rings. The number of anilines is 2. The van der Waals surface area contributed by atoms with Gasteiger partial charge in [-0.1, -0.05) is 55.0 Å². The molecule has 2 aromatic carbocycles. The highest BCUT2D eigenvalue weighted by atomic mass is 32.2. The number of amides is 3. The number of carbonyl (C=O) groups is 2. The Balaban J connectivity index is 0.000000303. The van der Waals surface area contributed by atoms with Gasteiger partial charge in [-0.05, 0) is 25.0 Å². The Kier molecular flexibility index (Phi) is 11.9. The lowest BCUT2D eigenvalue weighted by Crippen LogP contribution is -2.18. The number of carbonyl (C=O) groups excluding carboxylic acids is 2. The Morgan fingerprint density at radius 1 is 0.938 bits per heavy atom. The molecule has 3 amide bonds. The number of urea groups is 1. The van der Waals surface area contributed by atoms with E-state index in [-0.39, 0.29) is 5.91 Å². The Morgan fingerprint density at radius 3 is 2.28 bits per heavy atom. The average molecular weight is 473 g/mol. The van der Waals surface area contributed by atoms with Crippen molar-refractivity contribution in [3.05, 3.63) is 66.0 Å². The molecule has 170 valence electrons. The van der Waals surface area contributed by atoms with Gasteiger partial charge in [-0.3, -0.25) is 14.7 Å². The Morgan fingerprint density at radius 2 is 1.62 bits per heavy atom. The zero-order valence-corrected chi connectivity index (χ0v) is 19.3. The van der Waals surface area contributed by atoms with Gasteiger partial charge in [-0.2, -0.15) is 0 Å². The van der Waals surface area contributed by atoms with Crippen molar-refractivity contribution in [1.29, 1.82) is 0 Å². The maximum atomic E-state index is 11.9. The van der Waals surface area contributed by atoms with Crippen molar-refractivity contribution in [1.82, 2.24) is 9.71 Å². The fourth-order valence-corrected chi connectivity index (χ4v) is 3.63. The molecular weight excluding hydrogens is 444 g/mol. The minimum atomic E-state index is -0.536. The summed E-state index contributed by atoms with van der Waals surface area (Å²) in [5.41, 5.74) is 7.55. The molecule has 0 unspecified atom stereocenters. The molecule has 0 spiro atoms. The molecular formula is C22H28N6O2S2. The molecule has 32 heavy (non-hydrogen) atoms. The zero-order valence-electron chi connectivity index (χ0n) is 17.6. The van der Waals surface area contributed by atoms with Crippen molar-refractivity contribution in [3.8, 4) is 11.3 Å². The molecule has 0 saturated carbocycles. The van der Waals surface area contributed by atoms with E-state index in [4.69, 9.17) is 10.9 Å². The largest absolute Gasteiger partial charge is 0.351 e. The molecule has 7 N–H and O–H groups in total. The minimum absolute atomic E-state index is 0.0233. The van der Waals surface area contributed by atoms with Gasteiger partial charge in [-0.25, -0.2) is 9.78 Å². The van der Waals surface area contributed by atoms with Crippen LogP contribution >= 0.6 is 23.5 Å². The first kappa shape index (κ1) is 25.3. The van der Waals surface area contributed by atoms with E-state index in [2.05, 4.69) is 20.3 Å². The molecule has 8 nitrogen and oxygen atoms in total. The van der Waals surface area contributed by atoms with E-state index < -0.39 is 6.03 Å². The lowest BCUT2D eigenvalue weighted by molar-refractivity contribution is -0.116. The quantitative estimate of drug-likeness (QED) is 0.216. The highest BCUT2D eigenvalue weighted by Crippen LogP contribution is 2.24. The SMILES string of the molecule is NC(=O)Nc1ccccc1.NSNCCCCCC(=O)Nc1nc(-c2ccccc2)cs1. The molecule has 1 aromatic heterocycles. The van der Waals surface area contributed by atoms with Gasteiger partial charge >= 0.3 is 6.03 Å². The molecule has 3 aromatic rings. The van der Waals surface area contributed by atoms with Crippen LogP contribution in [0.1, 0.15) is 25.7 Å². The summed E-state index contributed by atoms with van der Waals surface area (Å²) < 4.78 is 2.98. The van der Waals surface area contributed by atoms with E-state index in [1.807, 2.05) is 53.9 Å². The summed E-state index contributed by atoms with van der Waals surface area (Å²) in [4.78, 5) is 26.6. The second kappa shape index (κ2) is 15.0. The highest BCUT2D eigenvalue weighted by molar-refractivity contribution is 7.95. The number of aromatic nitrogens is 1. The number of para-hydroxylation sites is 1. The van der Waals surface area contributed by atoms with Crippen LogP contribution in [0.15, 0.2) is 66.0 Å². The molecule has 0 aliphatic heterocycles. The fraction of sp³-hybridized carbons (Fsp3) is 0.227. The van der Waals surface area contributed by atoms with Crippen molar-refractivity contribution in [2.24, 2.45) is 10.9 Å². The molecule has 1 heterocycles. The summed E-state index contributed by atoms with van der Waals surface area (Å²) in [5, 5.41) is 13.2. The standard InChI is InChI=1S/C15H20N4OS2.C7H8N2O/c16-22-17-10-6-2-5-9-14(20)19-15-18-13(11-21-15)12-7-3-1-4-8-12;8-7(10)9-6-4-2-1-3-5-6/h1,3-4,7-8,11,17H,2,5-6,9-10,16H2,(H,18,19,20);1-5H,(H3,8,9,10). The van der Waals surface area contributed by atoms with E-state index in [0.717, 1.165) is 54.9 Å². The number of nitrogens with one attached hydrogen (secondary N) is 3. The lowest BCUT2D eigenvalue weighted by atomic mass is 10.2. The first-order valence-electron chi connectivity index (χ1n) is 10.1. The molecule has 10 heteroatoms. The summed E-state index contributed by atoms with van der Waals surface area (Å²) >= 11 is 2.59. The fourth-order valence-electron chi connectivity index (χ4n) is 2.64. The van der Waals surface area contributed by atoms with E-state index >= 15 is 0 Å². The summed E-state index contributed by atoms with van der Waals surface area (Å²) in [6, 6.07) is 18.5. The van der Waals surface area contributed by atoms with Gasteiger partial charge in [0.15, 0.2) is 5.13 Å². The third-order valence-electron chi connectivity index (χ3n) is 4.13. The normalized spacial score (nSPS) is 10.0. The van der Waals surface area contributed by atoms with Crippen molar-refractivity contribution >= 4 is 46.2 Å². The number of nitrogens with zero attached hydrogens (tertiary/aromatic N) is 1. The van der Waals surface area contributed by atoms with Crippen molar-refractivity contribution in [2.75, 3.05) is 17.2 Å². The Bertz CT molecular complexity index is 938. The van der Waals surface area contributed by atoms with Crippen molar-refractivity contribution in [3.63, 3.8) is 0 Å². The van der Waals surface area contributed by atoms with Crippen LogP contribution in [0, 0.1) is 0 Å². The average Bonchev–Trinajstić information content (AvgIpc) is 3.26. The number of hydrogen-bond acceptors (Lipinski definition) is 7. The minimum Gasteiger partial charge on any atom is -0.351 e. The van der Waals surface area contributed by atoms with Gasteiger partial charge in [0, 0.05) is 41.7 Å². The number of unbranched alkanes of at least 4 members (excludes halogenated alkanes) is 2. The van der Waals surface area contributed by atoms with E-state index in [1.54, 1.807) is 12.1 Å². The molecule has 0 aliphatic carbocycles.